The molecule has 0 aromatic rings. The fourth-order valence-corrected chi connectivity index (χ4v) is 0. The molecule has 0 saturated heterocycles. The molecule has 0 radical (unpaired) electrons. The molecule has 0 spiro atoms. The Labute approximate surface area is 31.1 Å². The average molecular weight is 482 g/mol. The van der Waals surface area contributed by atoms with Crippen molar-refractivity contribution in [2.75, 3.05) is 7.05 Å². The van der Waals surface area contributed by atoms with Gasteiger partial charge < -0.3 is 0 Å². The van der Waals surface area contributed by atoms with Crippen LogP contribution in [0.15, 0.2) is 0 Å². The summed E-state index contributed by atoms with van der Waals surface area (Å²) < 4.78 is 3.06. The van der Waals surface area contributed by atoms with Gasteiger partial charge in [-0.05, 0) is 0 Å². The third kappa shape index (κ3) is 4.41. The van der Waals surface area contributed by atoms with E-state index in [4.69, 9.17) is 0 Å². The number of hydrogen-bond donors (Lipinski definition) is 0. The van der Waals surface area contributed by atoms with E-state index in [9.17, 15) is 0 Å². The summed E-state index contributed by atoms with van der Waals surface area (Å²) in [6, 6.07) is 0. The molecule has 0 unspecified atom stereocenters. The van der Waals surface area contributed by atoms with Gasteiger partial charge in [-0.25, -0.2) is 0 Å². The van der Waals surface area contributed by atoms with Gasteiger partial charge in [0.2, 0.25) is 0 Å². The molecule has 0 fully saturated rings. The van der Waals surface area contributed by atoms with Gasteiger partial charge in [-0.1, -0.05) is 0 Å². The molecule has 0 aliphatic heterocycles. The monoisotopic (exact) mass is 483 g/mol. The first kappa shape index (κ1) is 3.62. The zero-order valence-corrected chi connectivity index (χ0v) is 11.6. The first-order chi connectivity index (χ1) is 1.73. The van der Waals surface area contributed by atoms with Gasteiger partial charge in [0.15, 0.2) is 0 Å². The Kier molecular flexibility index (Phi) is 0.909. The Morgan fingerprint density at radius 1 is 2.00 bits per heavy atom. The first-order valence-corrected chi connectivity index (χ1v) is 5.01. The van der Waals surface area contributed by atoms with Gasteiger partial charge in [0, 0.05) is 0 Å². The van der Waals surface area contributed by atoms with E-state index in [-0.39, 0.29) is 0 Å². The van der Waals surface area contributed by atoms with Crippen LogP contribution in [-0.4, -0.2) is 11.0 Å². The van der Waals surface area contributed by atoms with E-state index < -0.39 is 0 Å². The molecule has 0 aromatic carbocycles. The Hall–Kier alpha value is -0.378. The second-order valence-electron chi connectivity index (χ2n) is 0.605. The van der Waals surface area contributed by atoms with Gasteiger partial charge >= 0.3 is 30.4 Å². The molecule has 1 nitrogen and oxygen atoms in total. The van der Waals surface area contributed by atoms with Crippen molar-refractivity contribution in [2.45, 2.75) is 0 Å². The van der Waals surface area contributed by atoms with E-state index in [0.29, 0.717) is 0 Å². The topological polar surface area (TPSA) is 3.24 Å². The zero-order chi connectivity index (χ0) is 3.58. The molecule has 0 aromatic heterocycles. The van der Waals surface area contributed by atoms with Crippen molar-refractivity contribution < 1.29 is 19.4 Å². The maximum atomic E-state index is 2.26. The predicted molar refractivity (Wildman–Crippen MR) is 7.76 cm³/mol. The van der Waals surface area contributed by atoms with Crippen LogP contribution in [0.5, 0.6) is 0 Å². The van der Waals surface area contributed by atoms with E-state index in [0.717, 1.165) is 0 Å². The summed E-state index contributed by atoms with van der Waals surface area (Å²) in [5.41, 5.74) is 0. The van der Waals surface area contributed by atoms with Crippen LogP contribution in [0, 0.1) is 0 Å². The van der Waals surface area contributed by atoms with Crippen LogP contribution in [0.4, 0.5) is 0 Å². The van der Waals surface area contributed by atoms with Gasteiger partial charge in [0.05, 0.1) is 0 Å². The summed E-state index contributed by atoms with van der Waals surface area (Å²) in [6.07, 6.45) is 0. The summed E-state index contributed by atoms with van der Waals surface area (Å²) in [4.78, 5) is 0. The Morgan fingerprint density at radius 2 is 2.00 bits per heavy atom. The van der Waals surface area contributed by atoms with Crippen molar-refractivity contribution in [1.82, 2.24) is 3.95 Å². The molecule has 0 saturated carbocycles. The number of hydrogen-bond acceptors (Lipinski definition) is 1. The molecule has 4 heavy (non-hydrogen) atoms. The summed E-state index contributed by atoms with van der Waals surface area (Å²) in [6.45, 7) is 0. The maximum absolute atomic E-state index is 2.26. The Balaban J connectivity index is 2.32. The van der Waals surface area contributed by atoms with Crippen LogP contribution in [0.1, 0.15) is 0 Å². The van der Waals surface area contributed by atoms with Gasteiger partial charge in [-0.3, -0.25) is 0 Å². The molecule has 0 aliphatic rings. The fourth-order valence-electron chi connectivity index (χ4n) is 0. The van der Waals surface area contributed by atoms with Crippen LogP contribution in [0.3, 0.4) is 0 Å². The van der Waals surface area contributed by atoms with Crippen molar-refractivity contribution in [1.29, 1.82) is 0 Å². The second-order valence-corrected chi connectivity index (χ2v) is 14.4. The standard InChI is InChI=1S/CH3N.Re.Rf/c1-2;;/h1H3;;. The summed E-state index contributed by atoms with van der Waals surface area (Å²) >= 11 is 1.77. The van der Waals surface area contributed by atoms with Crippen LogP contribution in [-0.2, 0) is 19.4 Å². The molecule has 0 amide bonds. The molecule has 0 bridgehead atoms. The Morgan fingerprint density at radius 3 is 2.00 bits per heavy atom. The minimum absolute atomic E-state index is 0.793. The van der Waals surface area contributed by atoms with Crippen LogP contribution >= 0.6 is 0 Å². The van der Waals surface area contributed by atoms with Crippen LogP contribution < -0.4 is 0 Å². The van der Waals surface area contributed by atoms with E-state index in [1.807, 2.05) is 0 Å². The second kappa shape index (κ2) is 1.00. The van der Waals surface area contributed by atoms with Crippen LogP contribution in [0.2, 0.25) is 0 Å². The molecule has 0 rings (SSSR count). The van der Waals surface area contributed by atoms with Crippen molar-refractivity contribution in [2.24, 2.45) is 0 Å². The van der Waals surface area contributed by atoms with E-state index >= 15 is 0 Å². The van der Waals surface area contributed by atoms with Crippen molar-refractivity contribution in [3.63, 3.8) is 0 Å². The number of nitrogens with zero attached hydrogens (tertiary/aromatic N) is 1. The summed E-state index contributed by atoms with van der Waals surface area (Å²) in [5, 5.41) is 0. The first-order valence-electron chi connectivity index (χ1n) is 0.932. The fraction of sp³-hybridized carbons (Fsp3) is 1.00. The van der Waals surface area contributed by atoms with Gasteiger partial charge in [0.25, 0.3) is 0 Å². The van der Waals surface area contributed by atoms with E-state index in [2.05, 4.69) is 11.0 Å². The van der Waals surface area contributed by atoms with Crippen LogP contribution in [0.25, 0.3) is 0 Å². The molecule has 0 aliphatic carbocycles. The predicted octanol–water partition coefficient (Wildman–Crippen LogP) is -0.156. The normalized spacial score (nSPS) is 9.25. The average Bonchev–Trinajstić information content (AvgIpc) is 0.811. The summed E-state index contributed by atoms with van der Waals surface area (Å²) in [5.74, 6) is 0. The van der Waals surface area contributed by atoms with Gasteiger partial charge in [-0.2, -0.15) is 0 Å². The van der Waals surface area contributed by atoms with Gasteiger partial charge in [-0.15, -0.1) is 0 Å². The molecule has 0 atom stereocenters. The number of rotatable bonds is 0. The molecule has 3 heteroatoms. The molecule has 0 heterocycles. The quantitative estimate of drug-likeness (QED) is 0.465. The summed E-state index contributed by atoms with van der Waals surface area (Å²) in [7, 11) is 2.12. The third-order valence-electron chi connectivity index (χ3n) is 0. The van der Waals surface area contributed by atoms with Crippen molar-refractivity contribution >= 4 is 0 Å². The molecular weight excluding hydrogens is 479 g/mol. The molecular formula is CH3NReRf. The molecule has 0 N–H and O–H groups in total. The SMILES string of the molecule is C[N]([Re])[Rf]. The third-order valence-corrected chi connectivity index (χ3v) is 0. The van der Waals surface area contributed by atoms with E-state index in [1.165, 1.54) is 0 Å². The van der Waals surface area contributed by atoms with Crippen molar-refractivity contribution in [3.8, 4) is 0 Å². The Bertz CT molecular complexity index is 12.8. The zero-order valence-electron chi connectivity index (χ0n) is 2.53. The van der Waals surface area contributed by atoms with Crippen molar-refractivity contribution in [3.05, 3.63) is 0 Å². The molecule has 21 valence electrons. The van der Waals surface area contributed by atoms with E-state index in [1.54, 1.807) is 19.4 Å². The van der Waals surface area contributed by atoms with Gasteiger partial charge in [0.1, 0.15) is 0 Å². The minimum atomic E-state index is 0.793.